The number of alkyl halides is 1. The number of nitriles is 1. The third-order valence-corrected chi connectivity index (χ3v) is 2.62. The van der Waals surface area contributed by atoms with E-state index >= 15 is 0 Å². The summed E-state index contributed by atoms with van der Waals surface area (Å²) in [6.45, 7) is 0. The first-order valence-electron chi connectivity index (χ1n) is 4.89. The van der Waals surface area contributed by atoms with Gasteiger partial charge >= 0.3 is 5.97 Å². The number of esters is 1. The van der Waals surface area contributed by atoms with E-state index in [1.807, 2.05) is 6.07 Å². The molecule has 0 bridgehead atoms. The smallest absolute Gasteiger partial charge is 0.310 e. The van der Waals surface area contributed by atoms with Crippen LogP contribution in [0.15, 0.2) is 12.1 Å². The van der Waals surface area contributed by atoms with E-state index in [-0.39, 0.29) is 18.3 Å². The number of hydrogen-bond acceptors (Lipinski definition) is 4. The highest BCUT2D eigenvalue weighted by atomic mass is 35.5. The minimum Gasteiger partial charge on any atom is -0.496 e. The first kappa shape index (κ1) is 13.3. The van der Waals surface area contributed by atoms with Crippen LogP contribution >= 0.6 is 11.6 Å². The van der Waals surface area contributed by atoms with Gasteiger partial charge in [-0.3, -0.25) is 4.79 Å². The van der Waals surface area contributed by atoms with E-state index in [2.05, 4.69) is 4.74 Å². The normalized spacial score (nSPS) is 9.53. The van der Waals surface area contributed by atoms with Crippen molar-refractivity contribution in [2.24, 2.45) is 0 Å². The zero-order valence-electron chi connectivity index (χ0n) is 9.62. The largest absolute Gasteiger partial charge is 0.496 e. The van der Waals surface area contributed by atoms with Crippen molar-refractivity contribution >= 4 is 17.6 Å². The molecule has 0 aliphatic heterocycles. The molecule has 90 valence electrons. The number of methoxy groups -OCH3 is 2. The summed E-state index contributed by atoms with van der Waals surface area (Å²) in [6.07, 6.45) is 0.0925. The van der Waals surface area contributed by atoms with Crippen LogP contribution in [0.2, 0.25) is 0 Å². The maximum absolute atomic E-state index is 11.2. The highest BCUT2D eigenvalue weighted by Gasteiger charge is 2.13. The average Bonchev–Trinajstić information content (AvgIpc) is 2.37. The molecule has 0 N–H and O–H groups in total. The lowest BCUT2D eigenvalue weighted by Crippen LogP contribution is -2.07. The number of ether oxygens (including phenoxy) is 2. The second kappa shape index (κ2) is 6.12. The van der Waals surface area contributed by atoms with Gasteiger partial charge in [0, 0.05) is 11.4 Å². The Kier molecular flexibility index (Phi) is 4.80. The van der Waals surface area contributed by atoms with E-state index in [4.69, 9.17) is 21.6 Å². The van der Waals surface area contributed by atoms with Crippen molar-refractivity contribution in [1.29, 1.82) is 5.26 Å². The van der Waals surface area contributed by atoms with Gasteiger partial charge < -0.3 is 9.47 Å². The summed E-state index contributed by atoms with van der Waals surface area (Å²) in [5.41, 5.74) is 1.79. The Bertz CT molecular complexity index is 466. The molecule has 0 atom stereocenters. The number of nitrogens with zero attached hydrogens (tertiary/aromatic N) is 1. The molecule has 0 fully saturated rings. The van der Waals surface area contributed by atoms with Gasteiger partial charge in [0.2, 0.25) is 0 Å². The van der Waals surface area contributed by atoms with Gasteiger partial charge in [0.15, 0.2) is 0 Å². The Morgan fingerprint density at radius 1 is 1.41 bits per heavy atom. The molecule has 0 saturated heterocycles. The highest BCUT2D eigenvalue weighted by Crippen LogP contribution is 2.25. The van der Waals surface area contributed by atoms with E-state index in [1.54, 1.807) is 12.1 Å². The SMILES string of the molecule is COC(=O)Cc1cc(CCl)c(C#N)cc1OC. The van der Waals surface area contributed by atoms with Crippen molar-refractivity contribution in [3.8, 4) is 11.8 Å². The number of benzene rings is 1. The lowest BCUT2D eigenvalue weighted by molar-refractivity contribution is -0.139. The minimum atomic E-state index is -0.367. The summed E-state index contributed by atoms with van der Waals surface area (Å²) in [5, 5.41) is 8.93. The van der Waals surface area contributed by atoms with Gasteiger partial charge in [-0.1, -0.05) is 0 Å². The van der Waals surface area contributed by atoms with Crippen LogP contribution in [-0.2, 0) is 21.8 Å². The monoisotopic (exact) mass is 253 g/mol. The summed E-state index contributed by atoms with van der Waals surface area (Å²) in [6, 6.07) is 5.31. The van der Waals surface area contributed by atoms with E-state index < -0.39 is 0 Å². The molecule has 17 heavy (non-hydrogen) atoms. The van der Waals surface area contributed by atoms with E-state index in [1.165, 1.54) is 14.2 Å². The van der Waals surface area contributed by atoms with E-state index in [0.29, 0.717) is 22.4 Å². The van der Waals surface area contributed by atoms with Gasteiger partial charge in [-0.05, 0) is 17.7 Å². The Balaban J connectivity index is 3.20. The lowest BCUT2D eigenvalue weighted by atomic mass is 10.0. The first-order valence-corrected chi connectivity index (χ1v) is 5.42. The van der Waals surface area contributed by atoms with Crippen LogP contribution in [0.5, 0.6) is 5.75 Å². The van der Waals surface area contributed by atoms with Crippen molar-refractivity contribution < 1.29 is 14.3 Å². The summed E-state index contributed by atoms with van der Waals surface area (Å²) in [7, 11) is 2.80. The zero-order valence-corrected chi connectivity index (χ0v) is 10.4. The topological polar surface area (TPSA) is 59.3 Å². The Hall–Kier alpha value is -1.73. The standard InChI is InChI=1S/C12H12ClNO3/c1-16-11-4-10(7-14)9(6-13)3-8(11)5-12(15)17-2/h3-4H,5-6H2,1-2H3. The molecule has 5 heteroatoms. The van der Waals surface area contributed by atoms with Gasteiger partial charge in [0.1, 0.15) is 5.75 Å². The molecule has 0 saturated carbocycles. The van der Waals surface area contributed by atoms with Gasteiger partial charge in [-0.25, -0.2) is 0 Å². The number of carbonyl (C=O) groups excluding carboxylic acids is 1. The first-order chi connectivity index (χ1) is 8.15. The van der Waals surface area contributed by atoms with Crippen LogP contribution in [0, 0.1) is 11.3 Å². The molecule has 0 amide bonds. The van der Waals surface area contributed by atoms with Crippen LogP contribution in [0.4, 0.5) is 0 Å². The van der Waals surface area contributed by atoms with Gasteiger partial charge in [0.25, 0.3) is 0 Å². The molecule has 0 aliphatic rings. The molecule has 1 rings (SSSR count). The van der Waals surface area contributed by atoms with Gasteiger partial charge in [-0.15, -0.1) is 11.6 Å². The lowest BCUT2D eigenvalue weighted by Gasteiger charge is -2.10. The Labute approximate surface area is 105 Å². The fourth-order valence-electron chi connectivity index (χ4n) is 1.45. The quantitative estimate of drug-likeness (QED) is 0.608. The number of carbonyl (C=O) groups is 1. The third kappa shape index (κ3) is 3.11. The molecule has 4 nitrogen and oxygen atoms in total. The second-order valence-corrected chi connectivity index (χ2v) is 3.59. The van der Waals surface area contributed by atoms with E-state index in [0.717, 1.165) is 0 Å². The molecule has 0 heterocycles. The predicted octanol–water partition coefficient (Wildman–Crippen LogP) is 2.02. The third-order valence-electron chi connectivity index (χ3n) is 2.33. The molecule has 0 spiro atoms. The highest BCUT2D eigenvalue weighted by molar-refractivity contribution is 6.17. The summed E-state index contributed by atoms with van der Waals surface area (Å²) < 4.78 is 9.72. The summed E-state index contributed by atoms with van der Waals surface area (Å²) in [5.74, 6) is 0.329. The average molecular weight is 254 g/mol. The molecule has 1 aromatic rings. The molecular formula is C12H12ClNO3. The molecule has 0 aliphatic carbocycles. The second-order valence-electron chi connectivity index (χ2n) is 3.32. The summed E-state index contributed by atoms with van der Waals surface area (Å²) >= 11 is 5.74. The zero-order chi connectivity index (χ0) is 12.8. The molecule has 0 aromatic heterocycles. The fourth-order valence-corrected chi connectivity index (χ4v) is 1.67. The van der Waals surface area contributed by atoms with Crippen LogP contribution < -0.4 is 4.74 Å². The molecule has 0 unspecified atom stereocenters. The summed E-state index contributed by atoms with van der Waals surface area (Å²) in [4.78, 5) is 11.2. The molecule has 1 aromatic carbocycles. The maximum Gasteiger partial charge on any atom is 0.310 e. The number of hydrogen-bond donors (Lipinski definition) is 0. The number of halogens is 1. The molecular weight excluding hydrogens is 242 g/mol. The van der Waals surface area contributed by atoms with Crippen LogP contribution in [0.3, 0.4) is 0 Å². The van der Waals surface area contributed by atoms with Crippen molar-refractivity contribution in [2.45, 2.75) is 12.3 Å². The van der Waals surface area contributed by atoms with Crippen LogP contribution in [-0.4, -0.2) is 20.2 Å². The Morgan fingerprint density at radius 3 is 2.59 bits per heavy atom. The number of rotatable bonds is 4. The van der Waals surface area contributed by atoms with Gasteiger partial charge in [0.05, 0.1) is 32.3 Å². The minimum absolute atomic E-state index is 0.0925. The molecule has 0 radical (unpaired) electrons. The van der Waals surface area contributed by atoms with Crippen molar-refractivity contribution in [2.75, 3.05) is 14.2 Å². The van der Waals surface area contributed by atoms with Crippen LogP contribution in [0.25, 0.3) is 0 Å². The van der Waals surface area contributed by atoms with Crippen molar-refractivity contribution in [3.05, 3.63) is 28.8 Å². The van der Waals surface area contributed by atoms with Gasteiger partial charge in [-0.2, -0.15) is 5.26 Å². The predicted molar refractivity (Wildman–Crippen MR) is 63.0 cm³/mol. The van der Waals surface area contributed by atoms with Crippen molar-refractivity contribution in [1.82, 2.24) is 0 Å². The van der Waals surface area contributed by atoms with Crippen LogP contribution in [0.1, 0.15) is 16.7 Å². The maximum atomic E-state index is 11.2. The van der Waals surface area contributed by atoms with Crippen molar-refractivity contribution in [3.63, 3.8) is 0 Å². The fraction of sp³-hybridized carbons (Fsp3) is 0.333. The van der Waals surface area contributed by atoms with E-state index in [9.17, 15) is 4.79 Å². The Morgan fingerprint density at radius 2 is 2.12 bits per heavy atom.